The van der Waals surface area contributed by atoms with Crippen LogP contribution in [0.3, 0.4) is 0 Å². The van der Waals surface area contributed by atoms with Gasteiger partial charge in [0.25, 0.3) is 0 Å². The number of carbonyl (C=O) groups is 4. The maximum absolute atomic E-state index is 14.0. The lowest BCUT2D eigenvalue weighted by atomic mass is 9.89. The second kappa shape index (κ2) is 14.6. The zero-order valence-corrected chi connectivity index (χ0v) is 24.9. The molecule has 2 N–H and O–H groups in total. The van der Waals surface area contributed by atoms with Crippen molar-refractivity contribution in [2.24, 2.45) is 0 Å². The lowest BCUT2D eigenvalue weighted by Gasteiger charge is -2.54. The topological polar surface area (TPSA) is 114 Å². The number of rotatable bonds is 11. The highest BCUT2D eigenvalue weighted by molar-refractivity contribution is 5.91. The van der Waals surface area contributed by atoms with Gasteiger partial charge in [0.1, 0.15) is 18.0 Å². The maximum Gasteiger partial charge on any atom is 0.334 e. The number of amides is 4. The van der Waals surface area contributed by atoms with E-state index in [1.165, 1.54) is 27.1 Å². The number of nitrogens with zero attached hydrogens (tertiary/aromatic N) is 4. The second-order valence-electron chi connectivity index (χ2n) is 10.8. The molecule has 2 aliphatic heterocycles. The second-order valence-corrected chi connectivity index (χ2v) is 10.8. The molecule has 0 spiro atoms. The quantitative estimate of drug-likeness (QED) is 0.377. The zero-order valence-electron chi connectivity index (χ0n) is 24.9. The van der Waals surface area contributed by atoms with E-state index < -0.39 is 24.2 Å². The number of carbonyl (C=O) groups excluding carboxylic acids is 3. The van der Waals surface area contributed by atoms with Crippen molar-refractivity contribution in [2.75, 3.05) is 26.7 Å². The van der Waals surface area contributed by atoms with Crippen LogP contribution < -0.4 is 5.32 Å². The largest absolute Gasteiger partial charge is 0.481 e. The molecule has 3 atom stereocenters. The molecule has 0 aromatic heterocycles. The first-order chi connectivity index (χ1) is 21.1. The van der Waals surface area contributed by atoms with Crippen molar-refractivity contribution in [3.63, 3.8) is 0 Å². The molecule has 2 heterocycles. The standard InChI is InChI=1S/C33H38FN5O5/c1-4-6-10-24(5-2)27(25-11-8-7-9-12-25)20-37-21-29-38(28(32(37)43)17-18-31(41)42)30(40)22-36(3)39(29)33(44)35-19-23-13-15-26(34)16-14-23/h4-16,27-29H,1,17-22H2,2-3H3,(H,35,44)(H,41,42)/b10-6-,24-5+/t27?,28-,29-/m0/s1. The molecule has 2 aromatic carbocycles. The number of urea groups is 1. The Morgan fingerprint density at radius 3 is 2.48 bits per heavy atom. The molecule has 2 saturated heterocycles. The number of fused-ring (bicyclic) bond motifs is 1. The average molecular weight is 604 g/mol. The molecule has 44 heavy (non-hydrogen) atoms. The fourth-order valence-electron chi connectivity index (χ4n) is 5.77. The van der Waals surface area contributed by atoms with Gasteiger partial charge in [0.2, 0.25) is 11.8 Å². The summed E-state index contributed by atoms with van der Waals surface area (Å²) in [7, 11) is 1.62. The minimum atomic E-state index is -1.09. The highest BCUT2D eigenvalue weighted by Gasteiger charge is 2.51. The molecule has 11 heteroatoms. The smallest absolute Gasteiger partial charge is 0.334 e. The number of hydrogen-bond donors (Lipinski definition) is 2. The predicted molar refractivity (Wildman–Crippen MR) is 163 cm³/mol. The molecular formula is C33H38FN5O5. The van der Waals surface area contributed by atoms with E-state index in [1.807, 2.05) is 55.5 Å². The maximum atomic E-state index is 14.0. The highest BCUT2D eigenvalue weighted by atomic mass is 19.1. The summed E-state index contributed by atoms with van der Waals surface area (Å²) in [6, 6.07) is 13.9. The average Bonchev–Trinajstić information content (AvgIpc) is 3.00. The fraction of sp³-hybridized carbons (Fsp3) is 0.333. The van der Waals surface area contributed by atoms with Crippen LogP contribution in [0.15, 0.2) is 91.1 Å². The van der Waals surface area contributed by atoms with Crippen LogP contribution in [0.2, 0.25) is 0 Å². The van der Waals surface area contributed by atoms with E-state index in [0.29, 0.717) is 5.56 Å². The van der Waals surface area contributed by atoms with Gasteiger partial charge >= 0.3 is 12.0 Å². The van der Waals surface area contributed by atoms with E-state index in [-0.39, 0.29) is 62.6 Å². The van der Waals surface area contributed by atoms with Crippen molar-refractivity contribution >= 4 is 23.8 Å². The Labute approximate surface area is 256 Å². The molecule has 0 saturated carbocycles. The molecule has 0 aliphatic carbocycles. The molecule has 0 radical (unpaired) electrons. The Bertz CT molecular complexity index is 1430. The van der Waals surface area contributed by atoms with Crippen LogP contribution in [0, 0.1) is 5.82 Å². The zero-order chi connectivity index (χ0) is 31.8. The third-order valence-corrected chi connectivity index (χ3v) is 7.90. The van der Waals surface area contributed by atoms with E-state index in [4.69, 9.17) is 0 Å². The van der Waals surface area contributed by atoms with Crippen LogP contribution in [-0.2, 0) is 20.9 Å². The third-order valence-electron chi connectivity index (χ3n) is 7.90. The molecule has 10 nitrogen and oxygen atoms in total. The van der Waals surface area contributed by atoms with Crippen molar-refractivity contribution in [3.8, 4) is 0 Å². The summed E-state index contributed by atoms with van der Waals surface area (Å²) in [5.41, 5.74) is 2.60. The molecule has 2 aromatic rings. The molecular weight excluding hydrogens is 565 g/mol. The van der Waals surface area contributed by atoms with Crippen LogP contribution in [-0.4, -0.2) is 87.6 Å². The minimum Gasteiger partial charge on any atom is -0.481 e. The van der Waals surface area contributed by atoms with Gasteiger partial charge < -0.3 is 20.2 Å². The highest BCUT2D eigenvalue weighted by Crippen LogP contribution is 2.32. The number of aliphatic carboxylic acids is 1. The first-order valence-electron chi connectivity index (χ1n) is 14.5. The summed E-state index contributed by atoms with van der Waals surface area (Å²) < 4.78 is 13.4. The first-order valence-corrected chi connectivity index (χ1v) is 14.5. The van der Waals surface area contributed by atoms with Gasteiger partial charge in [-0.25, -0.2) is 19.2 Å². The summed E-state index contributed by atoms with van der Waals surface area (Å²) in [5.74, 6) is -2.46. The van der Waals surface area contributed by atoms with E-state index in [2.05, 4.69) is 11.9 Å². The van der Waals surface area contributed by atoms with Crippen LogP contribution >= 0.6 is 0 Å². The van der Waals surface area contributed by atoms with Gasteiger partial charge in [0.05, 0.1) is 13.1 Å². The first kappa shape index (κ1) is 32.2. The van der Waals surface area contributed by atoms with E-state index >= 15 is 0 Å². The minimum absolute atomic E-state index is 0.0218. The number of hydrazine groups is 1. The fourth-order valence-corrected chi connectivity index (χ4v) is 5.77. The van der Waals surface area contributed by atoms with Crippen LogP contribution in [0.1, 0.15) is 36.8 Å². The molecule has 4 amide bonds. The molecule has 4 rings (SSSR count). The number of likely N-dealkylation sites (N-methyl/N-ethyl adjacent to an activating group) is 1. The monoisotopic (exact) mass is 603 g/mol. The summed E-state index contributed by atoms with van der Waals surface area (Å²) in [6.45, 7) is 5.89. The van der Waals surface area contributed by atoms with Crippen LogP contribution in [0.5, 0.6) is 0 Å². The van der Waals surface area contributed by atoms with E-state index in [9.17, 15) is 28.7 Å². The van der Waals surface area contributed by atoms with Gasteiger partial charge in [0, 0.05) is 32.5 Å². The number of piperazine rings is 1. The van der Waals surface area contributed by atoms with Crippen molar-refractivity contribution in [2.45, 2.75) is 44.4 Å². The summed E-state index contributed by atoms with van der Waals surface area (Å²) in [6.07, 6.45) is 6.10. The lowest BCUT2D eigenvalue weighted by Crippen LogP contribution is -2.76. The number of nitrogens with one attached hydrogen (secondary N) is 1. The number of carboxylic acid groups (broad SMARTS) is 1. The number of halogens is 1. The van der Waals surface area contributed by atoms with Gasteiger partial charge in [-0.1, -0.05) is 73.3 Å². The molecule has 2 fully saturated rings. The third kappa shape index (κ3) is 7.41. The Morgan fingerprint density at radius 1 is 1.14 bits per heavy atom. The van der Waals surface area contributed by atoms with E-state index in [0.717, 1.165) is 11.1 Å². The normalized spacial score (nSPS) is 20.1. The predicted octanol–water partition coefficient (Wildman–Crippen LogP) is 3.90. The molecule has 232 valence electrons. The summed E-state index contributed by atoms with van der Waals surface area (Å²) >= 11 is 0. The van der Waals surface area contributed by atoms with Crippen molar-refractivity contribution in [1.82, 2.24) is 25.1 Å². The lowest BCUT2D eigenvalue weighted by molar-refractivity contribution is -0.187. The van der Waals surface area contributed by atoms with Crippen LogP contribution in [0.4, 0.5) is 9.18 Å². The Balaban J connectivity index is 1.68. The van der Waals surface area contributed by atoms with E-state index in [1.54, 1.807) is 30.2 Å². The van der Waals surface area contributed by atoms with Gasteiger partial charge in [-0.15, -0.1) is 0 Å². The van der Waals surface area contributed by atoms with Crippen molar-refractivity contribution < 1.29 is 28.7 Å². The molecule has 1 unspecified atom stereocenters. The molecule has 0 bridgehead atoms. The number of carboxylic acids is 1. The Hall–Kier alpha value is -4.77. The Kier molecular flexibility index (Phi) is 10.7. The van der Waals surface area contributed by atoms with Gasteiger partial charge in [0.15, 0.2) is 0 Å². The number of allylic oxidation sites excluding steroid dienone is 4. The van der Waals surface area contributed by atoms with Crippen molar-refractivity contribution in [1.29, 1.82) is 0 Å². The number of hydrogen-bond acceptors (Lipinski definition) is 5. The molecule has 2 aliphatic rings. The number of benzene rings is 2. The van der Waals surface area contributed by atoms with Gasteiger partial charge in [-0.2, -0.15) is 0 Å². The SMILES string of the molecule is C=C/C=C\C(=C/C)C(CN1C[C@H]2N(C(=O)CN(C)N2C(=O)NCc2ccc(F)cc2)[C@@H](CCC(=O)O)C1=O)c1ccccc1. The van der Waals surface area contributed by atoms with Crippen molar-refractivity contribution in [3.05, 3.63) is 108 Å². The van der Waals surface area contributed by atoms with Gasteiger partial charge in [-0.3, -0.25) is 14.4 Å². The van der Waals surface area contributed by atoms with Crippen LogP contribution in [0.25, 0.3) is 0 Å². The summed E-state index contributed by atoms with van der Waals surface area (Å²) in [5, 5.41) is 15.2. The van der Waals surface area contributed by atoms with Gasteiger partial charge in [-0.05, 0) is 42.2 Å². The Morgan fingerprint density at radius 2 is 1.84 bits per heavy atom. The summed E-state index contributed by atoms with van der Waals surface area (Å²) in [4.78, 5) is 55.6.